The van der Waals surface area contributed by atoms with Gasteiger partial charge in [-0.05, 0) is 19.1 Å². The van der Waals surface area contributed by atoms with Crippen molar-refractivity contribution in [2.24, 2.45) is 7.05 Å². The third-order valence-electron chi connectivity index (χ3n) is 4.18. The van der Waals surface area contributed by atoms with Gasteiger partial charge in [0.1, 0.15) is 11.4 Å². The number of rotatable bonds is 3. The van der Waals surface area contributed by atoms with Crippen LogP contribution in [-0.2, 0) is 7.05 Å². The average molecular weight is 334 g/mol. The maximum absolute atomic E-state index is 12.7. The lowest BCUT2D eigenvalue weighted by Crippen LogP contribution is -2.33. The quantitative estimate of drug-likeness (QED) is 0.676. The van der Waals surface area contributed by atoms with Crippen LogP contribution in [0.3, 0.4) is 0 Å². The fraction of sp³-hybridized carbons (Fsp3) is 0.176. The van der Waals surface area contributed by atoms with E-state index in [0.717, 1.165) is 0 Å². The van der Waals surface area contributed by atoms with Crippen molar-refractivity contribution in [3.8, 4) is 11.4 Å². The second-order valence-electron chi connectivity index (χ2n) is 5.77. The van der Waals surface area contributed by atoms with Crippen molar-refractivity contribution < 1.29 is 9.59 Å². The zero-order chi connectivity index (χ0) is 17.6. The number of carbonyl (C=O) groups is 2. The molecular formula is C17H14N6O2. The Kier molecular flexibility index (Phi) is 3.38. The van der Waals surface area contributed by atoms with Gasteiger partial charge in [-0.15, -0.1) is 5.10 Å². The predicted octanol–water partition coefficient (Wildman–Crippen LogP) is 1.63. The monoisotopic (exact) mass is 334 g/mol. The zero-order valence-electron chi connectivity index (χ0n) is 13.6. The second-order valence-corrected chi connectivity index (χ2v) is 5.77. The van der Waals surface area contributed by atoms with Gasteiger partial charge in [0, 0.05) is 19.4 Å². The van der Waals surface area contributed by atoms with Gasteiger partial charge in [-0.2, -0.15) is 0 Å². The molecule has 124 valence electrons. The molecule has 3 aromatic rings. The van der Waals surface area contributed by atoms with Gasteiger partial charge >= 0.3 is 0 Å². The van der Waals surface area contributed by atoms with Gasteiger partial charge in [-0.1, -0.05) is 17.3 Å². The Hall–Kier alpha value is -3.42. The molecule has 0 bridgehead atoms. The summed E-state index contributed by atoms with van der Waals surface area (Å²) in [6, 6.07) is 6.21. The molecule has 4 rings (SSSR count). The summed E-state index contributed by atoms with van der Waals surface area (Å²) < 4.78 is 1.56. The number of aromatic nitrogens is 5. The fourth-order valence-corrected chi connectivity index (χ4v) is 2.99. The SMILES string of the molecule is CC(c1nccnc1-c1cn(C)nn1)N1C(=O)c2ccccc2C1=O. The third kappa shape index (κ3) is 2.30. The maximum atomic E-state index is 12.7. The van der Waals surface area contributed by atoms with E-state index < -0.39 is 6.04 Å². The minimum absolute atomic E-state index is 0.330. The molecule has 0 fully saturated rings. The fourth-order valence-electron chi connectivity index (χ4n) is 2.99. The van der Waals surface area contributed by atoms with E-state index in [1.54, 1.807) is 55.3 Å². The van der Waals surface area contributed by atoms with Gasteiger partial charge in [0.2, 0.25) is 0 Å². The highest BCUT2D eigenvalue weighted by atomic mass is 16.2. The highest BCUT2D eigenvalue weighted by Crippen LogP contribution is 2.33. The summed E-state index contributed by atoms with van der Waals surface area (Å²) in [6.45, 7) is 1.76. The van der Waals surface area contributed by atoms with Crippen molar-refractivity contribution in [2.75, 3.05) is 0 Å². The molecule has 1 aromatic carbocycles. The second kappa shape index (κ2) is 5.59. The van der Waals surface area contributed by atoms with Crippen LogP contribution in [0.1, 0.15) is 39.4 Å². The summed E-state index contributed by atoms with van der Waals surface area (Å²) in [5.74, 6) is -0.660. The number of amides is 2. The lowest BCUT2D eigenvalue weighted by atomic mass is 10.1. The molecule has 8 heteroatoms. The normalized spacial score (nSPS) is 14.7. The topological polar surface area (TPSA) is 93.9 Å². The number of aryl methyl sites for hydroxylation is 1. The highest BCUT2D eigenvalue weighted by molar-refractivity contribution is 6.21. The van der Waals surface area contributed by atoms with Crippen LogP contribution in [0.5, 0.6) is 0 Å². The molecule has 3 heterocycles. The molecule has 0 aliphatic carbocycles. The number of hydrogen-bond acceptors (Lipinski definition) is 6. The Labute approximate surface area is 143 Å². The Morgan fingerprint density at radius 3 is 2.24 bits per heavy atom. The molecule has 0 saturated heterocycles. The van der Waals surface area contributed by atoms with Crippen LogP contribution < -0.4 is 0 Å². The molecule has 8 nitrogen and oxygen atoms in total. The first-order valence-electron chi connectivity index (χ1n) is 7.72. The van der Waals surface area contributed by atoms with Gasteiger partial charge < -0.3 is 0 Å². The third-order valence-corrected chi connectivity index (χ3v) is 4.18. The zero-order valence-corrected chi connectivity index (χ0v) is 13.6. The first kappa shape index (κ1) is 15.1. The molecule has 0 spiro atoms. The van der Waals surface area contributed by atoms with Crippen molar-refractivity contribution in [1.82, 2.24) is 29.9 Å². The summed E-state index contributed by atoms with van der Waals surface area (Å²) >= 11 is 0. The standard InChI is InChI=1S/C17H14N6O2/c1-10(23-16(24)11-5-3-4-6-12(11)17(23)25)14-15(19-8-7-18-14)13-9-22(2)21-20-13/h3-10H,1-2H3. The summed E-state index contributed by atoms with van der Waals surface area (Å²) in [7, 11) is 1.75. The van der Waals surface area contributed by atoms with E-state index in [2.05, 4.69) is 20.3 Å². The molecule has 25 heavy (non-hydrogen) atoms. The number of carbonyl (C=O) groups excluding carboxylic acids is 2. The van der Waals surface area contributed by atoms with Crippen molar-refractivity contribution in [3.05, 3.63) is 59.7 Å². The van der Waals surface area contributed by atoms with E-state index in [9.17, 15) is 9.59 Å². The first-order chi connectivity index (χ1) is 12.1. The highest BCUT2D eigenvalue weighted by Gasteiger charge is 2.40. The number of hydrogen-bond donors (Lipinski definition) is 0. The summed E-state index contributed by atoms with van der Waals surface area (Å²) in [5, 5.41) is 7.96. The van der Waals surface area contributed by atoms with E-state index in [4.69, 9.17) is 0 Å². The van der Waals surface area contributed by atoms with Gasteiger partial charge in [0.05, 0.1) is 29.1 Å². The summed E-state index contributed by atoms with van der Waals surface area (Å²) in [6.07, 6.45) is 4.79. The summed E-state index contributed by atoms with van der Waals surface area (Å²) in [4.78, 5) is 35.3. The lowest BCUT2D eigenvalue weighted by Gasteiger charge is -2.23. The van der Waals surface area contributed by atoms with Crippen molar-refractivity contribution in [1.29, 1.82) is 0 Å². The van der Waals surface area contributed by atoms with Crippen LogP contribution in [0.4, 0.5) is 0 Å². The molecule has 2 amide bonds. The van der Waals surface area contributed by atoms with E-state index in [1.165, 1.54) is 11.1 Å². The number of imide groups is 1. The molecule has 0 saturated carbocycles. The molecule has 2 aromatic heterocycles. The van der Waals surface area contributed by atoms with Crippen molar-refractivity contribution in [3.63, 3.8) is 0 Å². The Morgan fingerprint density at radius 2 is 1.64 bits per heavy atom. The first-order valence-corrected chi connectivity index (χ1v) is 7.72. The van der Waals surface area contributed by atoms with Crippen molar-refractivity contribution >= 4 is 11.8 Å². The molecule has 1 aliphatic rings. The van der Waals surface area contributed by atoms with Crippen LogP contribution in [0.2, 0.25) is 0 Å². The van der Waals surface area contributed by atoms with Crippen LogP contribution >= 0.6 is 0 Å². The van der Waals surface area contributed by atoms with E-state index in [-0.39, 0.29) is 11.8 Å². The van der Waals surface area contributed by atoms with Gasteiger partial charge in [0.25, 0.3) is 11.8 Å². The van der Waals surface area contributed by atoms with E-state index in [0.29, 0.717) is 28.2 Å². The van der Waals surface area contributed by atoms with Crippen LogP contribution in [0.15, 0.2) is 42.9 Å². The van der Waals surface area contributed by atoms with Crippen LogP contribution in [0.25, 0.3) is 11.4 Å². The lowest BCUT2D eigenvalue weighted by molar-refractivity contribution is 0.0592. The Bertz CT molecular complexity index is 961. The van der Waals surface area contributed by atoms with Crippen LogP contribution in [0, 0.1) is 0 Å². The number of fused-ring (bicyclic) bond motifs is 1. The van der Waals surface area contributed by atoms with Crippen molar-refractivity contribution in [2.45, 2.75) is 13.0 Å². The minimum Gasteiger partial charge on any atom is -0.269 e. The largest absolute Gasteiger partial charge is 0.269 e. The maximum Gasteiger partial charge on any atom is 0.262 e. The molecular weight excluding hydrogens is 320 g/mol. The molecule has 0 radical (unpaired) electrons. The molecule has 1 unspecified atom stereocenters. The van der Waals surface area contributed by atoms with Gasteiger partial charge in [0.15, 0.2) is 0 Å². The Balaban J connectivity index is 1.77. The van der Waals surface area contributed by atoms with E-state index in [1.807, 2.05) is 0 Å². The molecule has 1 atom stereocenters. The van der Waals surface area contributed by atoms with Crippen LogP contribution in [-0.4, -0.2) is 41.7 Å². The summed E-state index contributed by atoms with van der Waals surface area (Å²) in [5.41, 5.74) is 2.35. The number of nitrogens with zero attached hydrogens (tertiary/aromatic N) is 6. The molecule has 0 N–H and O–H groups in total. The molecule has 1 aliphatic heterocycles. The minimum atomic E-state index is -0.585. The predicted molar refractivity (Wildman–Crippen MR) is 87.4 cm³/mol. The Morgan fingerprint density at radius 1 is 1.00 bits per heavy atom. The van der Waals surface area contributed by atoms with Gasteiger partial charge in [-0.25, -0.2) is 0 Å². The average Bonchev–Trinajstić information content (AvgIpc) is 3.17. The number of benzene rings is 1. The van der Waals surface area contributed by atoms with Gasteiger partial charge in [-0.3, -0.25) is 29.1 Å². The van der Waals surface area contributed by atoms with E-state index >= 15 is 0 Å². The smallest absolute Gasteiger partial charge is 0.262 e.